The van der Waals surface area contributed by atoms with E-state index >= 15 is 0 Å². The van der Waals surface area contributed by atoms with Gasteiger partial charge in [-0.25, -0.2) is 19.8 Å². The minimum absolute atomic E-state index is 0.0493. The lowest BCUT2D eigenvalue weighted by Crippen LogP contribution is -2.10. The molecule has 0 atom stereocenters. The van der Waals surface area contributed by atoms with Crippen molar-refractivity contribution in [3.8, 4) is 62.7 Å². The Morgan fingerprint density at radius 3 is 1.13 bits per heavy atom. The highest BCUT2D eigenvalue weighted by atomic mass is 15.0. The fraction of sp³-hybridized carbons (Fsp3) is 0.232. The summed E-state index contributed by atoms with van der Waals surface area (Å²) >= 11 is 0. The summed E-state index contributed by atoms with van der Waals surface area (Å²) in [5, 5.41) is 14.5. The van der Waals surface area contributed by atoms with E-state index < -0.39 is 0 Å². The first kappa shape index (κ1) is 49.6. The average Bonchev–Trinajstić information content (AvgIpc) is 3.96. The zero-order valence-electron chi connectivity index (χ0n) is 45.7. The number of hydrogen-bond donors (Lipinski definition) is 0. The highest BCUT2D eigenvalue weighted by Gasteiger charge is 2.25. The normalized spacial score (nSPS) is 12.4. The largest absolute Gasteiger partial charge is 0.310 e. The van der Waals surface area contributed by atoms with E-state index in [4.69, 9.17) is 21.5 Å². The van der Waals surface area contributed by atoms with Crippen molar-refractivity contribution >= 4 is 49.3 Å². The van der Waals surface area contributed by atoms with Crippen molar-refractivity contribution in [2.75, 3.05) is 0 Å². The standard InChI is InChI=1S/C69H63N7/c1-66(2,3)48-23-27-59-55(36-48)56-37-49(67(4,5)6)24-28-60(56)75(59)53-33-45(43-21-19-42(41-70)20-22-43)31-46(34-53)64-72-63(44-17-15-14-16-18-44)73-65(74-64)47-32-52(71-13)40-54(35-47)76-61-29-25-50(68(7,8)9)38-57(61)58-39-51(69(10,11)12)26-30-62(58)76/h14-40H,1-12H3. The minimum Gasteiger partial charge on any atom is -0.310 e. The van der Waals surface area contributed by atoms with Gasteiger partial charge in [0.15, 0.2) is 23.2 Å². The molecule has 0 N–H and O–H groups in total. The number of rotatable bonds is 6. The molecule has 76 heavy (non-hydrogen) atoms. The molecule has 7 nitrogen and oxygen atoms in total. The second-order valence-electron chi connectivity index (χ2n) is 24.6. The summed E-state index contributed by atoms with van der Waals surface area (Å²) in [6.07, 6.45) is 0. The minimum atomic E-state index is -0.0510. The Kier molecular flexibility index (Phi) is 11.8. The van der Waals surface area contributed by atoms with Crippen LogP contribution in [0.15, 0.2) is 164 Å². The second-order valence-corrected chi connectivity index (χ2v) is 24.6. The zero-order valence-corrected chi connectivity index (χ0v) is 45.7. The molecule has 0 bridgehead atoms. The summed E-state index contributed by atoms with van der Waals surface area (Å²) < 4.78 is 4.66. The maximum absolute atomic E-state index is 9.82. The Hall–Kier alpha value is -8.65. The summed E-state index contributed by atoms with van der Waals surface area (Å²) in [4.78, 5) is 20.0. The van der Waals surface area contributed by atoms with Gasteiger partial charge in [-0.1, -0.05) is 150 Å². The third-order valence-corrected chi connectivity index (χ3v) is 15.0. The van der Waals surface area contributed by atoms with Gasteiger partial charge >= 0.3 is 0 Å². The lowest BCUT2D eigenvalue weighted by atomic mass is 9.85. The van der Waals surface area contributed by atoms with Crippen molar-refractivity contribution in [3.05, 3.63) is 203 Å². The predicted octanol–water partition coefficient (Wildman–Crippen LogP) is 18.3. The summed E-state index contributed by atoms with van der Waals surface area (Å²) in [5.74, 6) is 1.46. The van der Waals surface area contributed by atoms with Gasteiger partial charge in [0.05, 0.1) is 40.3 Å². The van der Waals surface area contributed by atoms with Crippen molar-refractivity contribution in [2.45, 2.75) is 105 Å². The van der Waals surface area contributed by atoms with Gasteiger partial charge in [0, 0.05) is 49.6 Å². The topological polar surface area (TPSA) is 76.7 Å². The molecule has 0 spiro atoms. The van der Waals surface area contributed by atoms with E-state index in [1.165, 1.54) is 43.8 Å². The van der Waals surface area contributed by atoms with Crippen LogP contribution in [0.3, 0.4) is 0 Å². The molecule has 0 saturated carbocycles. The molecule has 0 unspecified atom stereocenters. The number of fused-ring (bicyclic) bond motifs is 6. The first-order chi connectivity index (χ1) is 36.0. The van der Waals surface area contributed by atoms with Crippen LogP contribution in [-0.4, -0.2) is 24.1 Å². The Morgan fingerprint density at radius 1 is 0.382 bits per heavy atom. The van der Waals surface area contributed by atoms with Crippen molar-refractivity contribution in [1.82, 2.24) is 24.1 Å². The molecular formula is C69H63N7. The van der Waals surface area contributed by atoms with Crippen LogP contribution >= 0.6 is 0 Å². The highest BCUT2D eigenvalue weighted by Crippen LogP contribution is 2.42. The van der Waals surface area contributed by atoms with Gasteiger partial charge in [-0.05, 0) is 152 Å². The monoisotopic (exact) mass is 990 g/mol. The van der Waals surface area contributed by atoms with E-state index in [0.717, 1.165) is 55.7 Å². The SMILES string of the molecule is [C-]#[N+]c1cc(-c2nc(-c3ccccc3)nc(-c3cc(-c4ccc(C#N)cc4)cc(-n4c5ccc(C(C)(C)C)cc5c5cc(C(C)(C)C)ccc54)c3)n2)cc(-n2c3ccc(C(C)(C)C)cc3c3cc(C(C)(C)C)ccc32)c1. The molecule has 11 rings (SSSR count). The molecule has 3 heterocycles. The van der Waals surface area contributed by atoms with Crippen LogP contribution in [0.1, 0.15) is 111 Å². The maximum Gasteiger partial charge on any atom is 0.190 e. The van der Waals surface area contributed by atoms with Gasteiger partial charge in [0.1, 0.15) is 0 Å². The number of nitrogens with zero attached hydrogens (tertiary/aromatic N) is 7. The molecule has 7 heteroatoms. The number of aromatic nitrogens is 5. The number of benzene rings is 8. The molecular weight excluding hydrogens is 927 g/mol. The fourth-order valence-electron chi connectivity index (χ4n) is 10.5. The molecule has 0 aliphatic carbocycles. The van der Waals surface area contributed by atoms with E-state index in [1.54, 1.807) is 0 Å². The lowest BCUT2D eigenvalue weighted by molar-refractivity contribution is 0.590. The third kappa shape index (κ3) is 9.01. The fourth-order valence-corrected chi connectivity index (χ4v) is 10.5. The molecule has 3 aromatic heterocycles. The van der Waals surface area contributed by atoms with Crippen LogP contribution in [0.25, 0.3) is 105 Å². The van der Waals surface area contributed by atoms with Crippen molar-refractivity contribution in [2.24, 2.45) is 0 Å². The number of hydrogen-bond acceptors (Lipinski definition) is 4. The van der Waals surface area contributed by atoms with Crippen LogP contribution in [0.2, 0.25) is 0 Å². The van der Waals surface area contributed by atoms with E-state index in [9.17, 15) is 5.26 Å². The van der Waals surface area contributed by atoms with Crippen LogP contribution < -0.4 is 0 Å². The Balaban J connectivity index is 1.17. The van der Waals surface area contributed by atoms with Crippen LogP contribution in [0.4, 0.5) is 5.69 Å². The zero-order chi connectivity index (χ0) is 53.6. The Bertz CT molecular complexity index is 4060. The van der Waals surface area contributed by atoms with Gasteiger partial charge in [-0.2, -0.15) is 5.26 Å². The molecule has 0 saturated heterocycles. The third-order valence-electron chi connectivity index (χ3n) is 15.0. The predicted molar refractivity (Wildman–Crippen MR) is 316 cm³/mol. The smallest absolute Gasteiger partial charge is 0.190 e. The second kappa shape index (κ2) is 18.0. The molecule has 0 aliphatic rings. The molecule has 0 aliphatic heterocycles. The highest BCUT2D eigenvalue weighted by molar-refractivity contribution is 6.11. The van der Waals surface area contributed by atoms with Gasteiger partial charge < -0.3 is 9.13 Å². The van der Waals surface area contributed by atoms with E-state index in [-0.39, 0.29) is 21.7 Å². The number of nitriles is 1. The first-order valence-electron chi connectivity index (χ1n) is 26.3. The van der Waals surface area contributed by atoms with Crippen molar-refractivity contribution in [3.63, 3.8) is 0 Å². The van der Waals surface area contributed by atoms with Gasteiger partial charge in [-0.15, -0.1) is 0 Å². The molecule has 374 valence electrons. The Labute approximate surface area is 447 Å². The van der Waals surface area contributed by atoms with Gasteiger partial charge in [0.25, 0.3) is 0 Å². The molecule has 0 amide bonds. The van der Waals surface area contributed by atoms with Crippen LogP contribution in [0, 0.1) is 17.9 Å². The molecule has 0 radical (unpaired) electrons. The summed E-state index contributed by atoms with van der Waals surface area (Å²) in [7, 11) is 0. The van der Waals surface area contributed by atoms with Crippen LogP contribution in [0.5, 0.6) is 0 Å². The van der Waals surface area contributed by atoms with Crippen molar-refractivity contribution < 1.29 is 0 Å². The van der Waals surface area contributed by atoms with E-state index in [1.807, 2.05) is 66.7 Å². The lowest BCUT2D eigenvalue weighted by Gasteiger charge is -2.19. The summed E-state index contributed by atoms with van der Waals surface area (Å²) in [5.41, 5.74) is 16.3. The quantitative estimate of drug-likeness (QED) is 0.156. The molecule has 11 aromatic rings. The average molecular weight is 990 g/mol. The van der Waals surface area contributed by atoms with E-state index in [2.05, 4.69) is 200 Å². The molecule has 0 fully saturated rings. The molecule has 8 aromatic carbocycles. The van der Waals surface area contributed by atoms with Gasteiger partial charge in [0.2, 0.25) is 0 Å². The van der Waals surface area contributed by atoms with E-state index in [0.29, 0.717) is 34.3 Å². The van der Waals surface area contributed by atoms with Crippen molar-refractivity contribution in [1.29, 1.82) is 5.26 Å². The maximum atomic E-state index is 9.82. The first-order valence-corrected chi connectivity index (χ1v) is 26.3. The summed E-state index contributed by atoms with van der Waals surface area (Å²) in [6, 6.07) is 60.0. The summed E-state index contributed by atoms with van der Waals surface area (Å²) in [6.45, 7) is 35.6. The Morgan fingerprint density at radius 2 is 0.750 bits per heavy atom. The van der Waals surface area contributed by atoms with Crippen LogP contribution in [-0.2, 0) is 21.7 Å². The van der Waals surface area contributed by atoms with Gasteiger partial charge in [-0.3, -0.25) is 0 Å².